The Morgan fingerprint density at radius 1 is 1.16 bits per heavy atom. The summed E-state index contributed by atoms with van der Waals surface area (Å²) in [7, 11) is -2.89. The van der Waals surface area contributed by atoms with E-state index in [4.69, 9.17) is 4.42 Å². The Kier molecular flexibility index (Phi) is 6.38. The van der Waals surface area contributed by atoms with Gasteiger partial charge < -0.3 is 9.32 Å². The second kappa shape index (κ2) is 8.53. The van der Waals surface area contributed by atoms with Gasteiger partial charge in [-0.05, 0) is 25.2 Å². The maximum absolute atomic E-state index is 12.3. The molecule has 2 aliphatic rings. The lowest BCUT2D eigenvalue weighted by molar-refractivity contribution is -0.128. The second-order valence-electron chi connectivity index (χ2n) is 6.87. The number of sulfone groups is 1. The van der Waals surface area contributed by atoms with E-state index in [1.165, 1.54) is 31.0 Å². The van der Waals surface area contributed by atoms with Gasteiger partial charge in [0.2, 0.25) is 11.8 Å². The normalized spacial score (nSPS) is 24.0. The first-order chi connectivity index (χ1) is 12.0. The Labute approximate surface area is 152 Å². The fraction of sp³-hybridized carbons (Fsp3) is 0.812. The third kappa shape index (κ3) is 5.70. The van der Waals surface area contributed by atoms with Crippen molar-refractivity contribution in [1.29, 1.82) is 0 Å². The van der Waals surface area contributed by atoms with Gasteiger partial charge in [0.15, 0.2) is 9.84 Å². The van der Waals surface area contributed by atoms with Crippen molar-refractivity contribution in [1.82, 2.24) is 15.1 Å². The zero-order valence-electron chi connectivity index (χ0n) is 14.4. The number of nitrogens with zero attached hydrogens (tertiary/aromatic N) is 3. The van der Waals surface area contributed by atoms with E-state index in [-0.39, 0.29) is 23.3 Å². The quantitative estimate of drug-likeness (QED) is 0.713. The maximum atomic E-state index is 12.3. The Hall–Kier alpha value is -1.09. The van der Waals surface area contributed by atoms with Crippen LogP contribution < -0.4 is 0 Å². The molecule has 0 aliphatic carbocycles. The lowest BCUT2D eigenvalue weighted by atomic mass is 10.1. The number of aromatic nitrogens is 2. The van der Waals surface area contributed by atoms with Crippen LogP contribution in [0.4, 0.5) is 0 Å². The number of amides is 1. The third-order valence-corrected chi connectivity index (χ3v) is 7.41. The predicted molar refractivity (Wildman–Crippen MR) is 95.2 cm³/mol. The van der Waals surface area contributed by atoms with E-state index >= 15 is 0 Å². The first-order valence-corrected chi connectivity index (χ1v) is 11.8. The standard InChI is InChI=1S/C16H25N3O4S2/c20-15(19-7-4-2-1-3-5-8-19)11-24-16-18-17-14(23-16)10-13-6-9-25(21,22)12-13/h13H,1-12H2/t13-/m1/s1. The molecular formula is C16H25N3O4S2. The van der Waals surface area contributed by atoms with Crippen molar-refractivity contribution in [3.05, 3.63) is 5.89 Å². The van der Waals surface area contributed by atoms with Gasteiger partial charge in [0, 0.05) is 19.5 Å². The molecule has 0 radical (unpaired) electrons. The average Bonchev–Trinajstić information content (AvgIpc) is 3.11. The van der Waals surface area contributed by atoms with E-state index in [0.717, 1.165) is 25.9 Å². The molecule has 1 amide bonds. The molecule has 140 valence electrons. The molecule has 1 aromatic heterocycles. The molecule has 2 saturated heterocycles. The molecule has 0 unspecified atom stereocenters. The molecule has 7 nitrogen and oxygen atoms in total. The Balaban J connectivity index is 1.45. The fourth-order valence-electron chi connectivity index (χ4n) is 3.37. The summed E-state index contributed by atoms with van der Waals surface area (Å²) in [5, 5.41) is 8.34. The Bertz CT molecular complexity index is 681. The molecule has 2 aliphatic heterocycles. The van der Waals surface area contributed by atoms with Gasteiger partial charge in [-0.3, -0.25) is 4.79 Å². The summed E-state index contributed by atoms with van der Waals surface area (Å²) in [6.07, 6.45) is 6.95. The molecule has 0 aromatic carbocycles. The maximum Gasteiger partial charge on any atom is 0.277 e. The molecule has 9 heteroatoms. The SMILES string of the molecule is O=C(CSc1nnc(C[C@H]2CCS(=O)(=O)C2)o1)N1CCCCCCC1. The number of thioether (sulfide) groups is 1. The molecule has 3 rings (SSSR count). The van der Waals surface area contributed by atoms with Gasteiger partial charge in [-0.25, -0.2) is 8.42 Å². The molecule has 1 aromatic rings. The van der Waals surface area contributed by atoms with Crippen molar-refractivity contribution in [3.8, 4) is 0 Å². The lowest BCUT2D eigenvalue weighted by Crippen LogP contribution is -2.35. The van der Waals surface area contributed by atoms with Crippen LogP contribution in [0.15, 0.2) is 9.64 Å². The summed E-state index contributed by atoms with van der Waals surface area (Å²) < 4.78 is 28.6. The number of hydrogen-bond acceptors (Lipinski definition) is 7. The Morgan fingerprint density at radius 3 is 2.56 bits per heavy atom. The molecule has 0 bridgehead atoms. The van der Waals surface area contributed by atoms with Crippen molar-refractivity contribution in [2.24, 2.45) is 5.92 Å². The van der Waals surface area contributed by atoms with Gasteiger partial charge in [-0.15, -0.1) is 10.2 Å². The molecular weight excluding hydrogens is 362 g/mol. The van der Waals surface area contributed by atoms with E-state index < -0.39 is 9.84 Å². The van der Waals surface area contributed by atoms with E-state index in [2.05, 4.69) is 10.2 Å². The lowest BCUT2D eigenvalue weighted by Gasteiger charge is -2.24. The van der Waals surface area contributed by atoms with Crippen LogP contribution in [-0.2, 0) is 21.1 Å². The van der Waals surface area contributed by atoms with Crippen LogP contribution in [0.1, 0.15) is 44.4 Å². The topological polar surface area (TPSA) is 93.4 Å². The zero-order chi connectivity index (χ0) is 17.7. The number of hydrogen-bond donors (Lipinski definition) is 0. The van der Waals surface area contributed by atoms with Crippen LogP contribution in [0.25, 0.3) is 0 Å². The molecule has 2 fully saturated rings. The van der Waals surface area contributed by atoms with Gasteiger partial charge >= 0.3 is 0 Å². The van der Waals surface area contributed by atoms with E-state index in [9.17, 15) is 13.2 Å². The highest BCUT2D eigenvalue weighted by Gasteiger charge is 2.29. The highest BCUT2D eigenvalue weighted by molar-refractivity contribution is 7.99. The minimum Gasteiger partial charge on any atom is -0.416 e. The monoisotopic (exact) mass is 387 g/mol. The first kappa shape index (κ1) is 18.7. The van der Waals surface area contributed by atoms with Gasteiger partial charge in [0.05, 0.1) is 17.3 Å². The summed E-state index contributed by atoms with van der Waals surface area (Å²) in [5.74, 6) is 1.39. The summed E-state index contributed by atoms with van der Waals surface area (Å²) in [6.45, 7) is 1.68. The predicted octanol–water partition coefficient (Wildman–Crippen LogP) is 1.93. The van der Waals surface area contributed by atoms with Crippen molar-refractivity contribution in [3.63, 3.8) is 0 Å². The molecule has 0 saturated carbocycles. The van der Waals surface area contributed by atoms with Crippen LogP contribution in [0.2, 0.25) is 0 Å². The van der Waals surface area contributed by atoms with Gasteiger partial charge in [-0.1, -0.05) is 31.0 Å². The summed E-state index contributed by atoms with van der Waals surface area (Å²) in [4.78, 5) is 14.3. The summed E-state index contributed by atoms with van der Waals surface area (Å²) >= 11 is 1.26. The van der Waals surface area contributed by atoms with Crippen LogP contribution in [0, 0.1) is 5.92 Å². The van der Waals surface area contributed by atoms with Crippen molar-refractivity contribution in [2.45, 2.75) is 50.2 Å². The van der Waals surface area contributed by atoms with E-state index in [1.54, 1.807) is 0 Å². The Morgan fingerprint density at radius 2 is 1.88 bits per heavy atom. The number of rotatable bonds is 5. The molecule has 25 heavy (non-hydrogen) atoms. The fourth-order valence-corrected chi connectivity index (χ4v) is 5.92. The van der Waals surface area contributed by atoms with Crippen LogP contribution in [-0.4, -0.2) is 59.8 Å². The van der Waals surface area contributed by atoms with E-state index in [1.807, 2.05) is 4.90 Å². The molecule has 1 atom stereocenters. The average molecular weight is 388 g/mol. The summed E-state index contributed by atoms with van der Waals surface area (Å²) in [5.41, 5.74) is 0. The highest BCUT2D eigenvalue weighted by atomic mass is 32.2. The largest absolute Gasteiger partial charge is 0.416 e. The molecule has 3 heterocycles. The minimum absolute atomic E-state index is 0.0611. The van der Waals surface area contributed by atoms with Crippen molar-refractivity contribution >= 4 is 27.5 Å². The number of carbonyl (C=O) groups excluding carboxylic acids is 1. The first-order valence-electron chi connectivity index (χ1n) is 8.95. The van der Waals surface area contributed by atoms with Crippen LogP contribution in [0.5, 0.6) is 0 Å². The highest BCUT2D eigenvalue weighted by Crippen LogP contribution is 2.24. The van der Waals surface area contributed by atoms with Gasteiger partial charge in [0.1, 0.15) is 0 Å². The smallest absolute Gasteiger partial charge is 0.277 e. The van der Waals surface area contributed by atoms with E-state index in [0.29, 0.717) is 29.7 Å². The minimum atomic E-state index is -2.89. The zero-order valence-corrected chi connectivity index (χ0v) is 16.0. The van der Waals surface area contributed by atoms with Gasteiger partial charge in [-0.2, -0.15) is 0 Å². The number of likely N-dealkylation sites (tertiary alicyclic amines) is 1. The van der Waals surface area contributed by atoms with Gasteiger partial charge in [0.25, 0.3) is 5.22 Å². The number of carbonyl (C=O) groups is 1. The van der Waals surface area contributed by atoms with Crippen molar-refractivity contribution in [2.75, 3.05) is 30.3 Å². The molecule has 0 N–H and O–H groups in total. The third-order valence-electron chi connectivity index (χ3n) is 4.77. The summed E-state index contributed by atoms with van der Waals surface area (Å²) in [6, 6.07) is 0. The molecule has 0 spiro atoms. The van der Waals surface area contributed by atoms with Crippen LogP contribution in [0.3, 0.4) is 0 Å². The van der Waals surface area contributed by atoms with Crippen LogP contribution >= 0.6 is 11.8 Å². The second-order valence-corrected chi connectivity index (χ2v) is 10.0. The van der Waals surface area contributed by atoms with Crippen molar-refractivity contribution < 1.29 is 17.6 Å².